The van der Waals surface area contributed by atoms with Gasteiger partial charge in [0.2, 0.25) is 0 Å². The van der Waals surface area contributed by atoms with Gasteiger partial charge in [0.25, 0.3) is 0 Å². The van der Waals surface area contributed by atoms with Crippen LogP contribution in [0.3, 0.4) is 0 Å². The molecule has 0 bridgehead atoms. The molecule has 0 spiro atoms. The number of unbranched alkanes of at least 4 members (excludes halogenated alkanes) is 5. The minimum absolute atomic E-state index is 0.577. The molecule has 0 amide bonds. The standard InChI is InChI=1S/C20H24Cl2N3.ClHO4/c1-2-3-4-5-6-7-13-25-19(15-24-12-8-11-23-20(24)25)16-9-10-17(21)18(22)14-16;2-1(3,4)5/h8-12,14-15H,2-7,13H2,1H3;(H,2,3,4,5)/q+1;/p-1. The monoisotopic (exact) mass is 475 g/mol. The van der Waals surface area contributed by atoms with Crippen LogP contribution in [0.5, 0.6) is 0 Å². The molecule has 0 radical (unpaired) electrons. The van der Waals surface area contributed by atoms with Gasteiger partial charge in [-0.25, -0.2) is 27.6 Å². The van der Waals surface area contributed by atoms with Crippen LogP contribution in [0.15, 0.2) is 42.9 Å². The first-order chi connectivity index (χ1) is 14.2. The predicted octanol–water partition coefficient (Wildman–Crippen LogP) is 1.20. The molecule has 0 aliphatic carbocycles. The Bertz CT molecular complexity index is 939. The third-order valence-corrected chi connectivity index (χ3v) is 5.24. The van der Waals surface area contributed by atoms with Crippen molar-refractivity contribution in [1.82, 2.24) is 9.38 Å². The summed E-state index contributed by atoms with van der Waals surface area (Å²) in [5.41, 5.74) is 2.18. The van der Waals surface area contributed by atoms with Crippen LogP contribution in [0, 0.1) is 10.2 Å². The lowest BCUT2D eigenvalue weighted by Crippen LogP contribution is -2.68. The van der Waals surface area contributed by atoms with Crippen molar-refractivity contribution in [2.45, 2.75) is 52.0 Å². The zero-order chi connectivity index (χ0) is 22.1. The van der Waals surface area contributed by atoms with Gasteiger partial charge in [0, 0.05) is 11.6 Å². The van der Waals surface area contributed by atoms with Gasteiger partial charge in [-0.3, -0.25) is 0 Å². The highest BCUT2D eigenvalue weighted by molar-refractivity contribution is 6.42. The number of halogens is 3. The summed E-state index contributed by atoms with van der Waals surface area (Å²) in [4.78, 5) is 4.56. The van der Waals surface area contributed by atoms with E-state index in [9.17, 15) is 0 Å². The van der Waals surface area contributed by atoms with Crippen LogP contribution >= 0.6 is 23.2 Å². The molecule has 164 valence electrons. The fourth-order valence-corrected chi connectivity index (χ4v) is 3.45. The number of rotatable bonds is 8. The number of aryl methyl sites for hydroxylation is 1. The summed E-state index contributed by atoms with van der Waals surface area (Å²) in [5, 5.41) is 1.16. The molecule has 10 heteroatoms. The first-order valence-corrected chi connectivity index (χ1v) is 11.6. The molecule has 2 aromatic heterocycles. The second-order valence-corrected chi connectivity index (χ2v) is 8.34. The Balaban J connectivity index is 0.000000575. The van der Waals surface area contributed by atoms with E-state index < -0.39 is 10.2 Å². The molecular formula is C20H24Cl3N3O4. The molecule has 2 heterocycles. The van der Waals surface area contributed by atoms with E-state index in [0.717, 1.165) is 30.0 Å². The van der Waals surface area contributed by atoms with E-state index in [-0.39, 0.29) is 0 Å². The lowest BCUT2D eigenvalue weighted by atomic mass is 10.1. The average molecular weight is 477 g/mol. The molecule has 0 aliphatic heterocycles. The van der Waals surface area contributed by atoms with Crippen LogP contribution in [-0.4, -0.2) is 9.38 Å². The summed E-state index contributed by atoms with van der Waals surface area (Å²) < 4.78 is 38.3. The summed E-state index contributed by atoms with van der Waals surface area (Å²) in [5.74, 6) is 0.956. The van der Waals surface area contributed by atoms with Gasteiger partial charge in [-0.2, -0.15) is 0 Å². The van der Waals surface area contributed by atoms with Crippen molar-refractivity contribution in [1.29, 1.82) is 0 Å². The highest BCUT2D eigenvalue weighted by Crippen LogP contribution is 2.27. The van der Waals surface area contributed by atoms with Gasteiger partial charge < -0.3 is 0 Å². The zero-order valence-corrected chi connectivity index (χ0v) is 18.9. The van der Waals surface area contributed by atoms with Crippen molar-refractivity contribution in [2.24, 2.45) is 0 Å². The van der Waals surface area contributed by atoms with E-state index >= 15 is 0 Å². The van der Waals surface area contributed by atoms with Crippen LogP contribution in [0.1, 0.15) is 45.4 Å². The van der Waals surface area contributed by atoms with E-state index in [1.54, 1.807) is 0 Å². The van der Waals surface area contributed by atoms with E-state index in [4.69, 9.17) is 41.8 Å². The van der Waals surface area contributed by atoms with Gasteiger partial charge in [0.05, 0.1) is 22.8 Å². The number of benzene rings is 1. The quantitative estimate of drug-likeness (QED) is 0.358. The molecule has 1 aromatic carbocycles. The third-order valence-electron chi connectivity index (χ3n) is 4.50. The Kier molecular flexibility index (Phi) is 9.77. The fraction of sp³-hybridized carbons (Fsp3) is 0.400. The lowest BCUT2D eigenvalue weighted by molar-refractivity contribution is -2.00. The van der Waals surface area contributed by atoms with Crippen molar-refractivity contribution in [3.63, 3.8) is 0 Å². The van der Waals surface area contributed by atoms with E-state index in [0.29, 0.717) is 10.0 Å². The highest BCUT2D eigenvalue weighted by atomic mass is 35.7. The van der Waals surface area contributed by atoms with Gasteiger partial charge in [0.1, 0.15) is 18.1 Å². The Morgan fingerprint density at radius 2 is 1.67 bits per heavy atom. The minimum atomic E-state index is -4.94. The van der Waals surface area contributed by atoms with Crippen LogP contribution < -0.4 is 23.2 Å². The second kappa shape index (κ2) is 11.8. The Labute approximate surface area is 187 Å². The smallest absolute Gasteiger partial charge is 0.225 e. The van der Waals surface area contributed by atoms with Gasteiger partial charge in [-0.15, -0.1) is 10.2 Å². The van der Waals surface area contributed by atoms with E-state index in [2.05, 4.69) is 27.1 Å². The first kappa shape index (κ1) is 24.8. The van der Waals surface area contributed by atoms with Crippen molar-refractivity contribution in [3.8, 4) is 11.3 Å². The molecule has 0 unspecified atom stereocenters. The molecule has 0 atom stereocenters. The predicted molar refractivity (Wildman–Crippen MR) is 104 cm³/mol. The molecule has 3 rings (SSSR count). The number of imidazole rings is 1. The van der Waals surface area contributed by atoms with Crippen LogP contribution in [0.25, 0.3) is 17.0 Å². The molecule has 0 N–H and O–H groups in total. The van der Waals surface area contributed by atoms with Crippen molar-refractivity contribution in [3.05, 3.63) is 52.9 Å². The Morgan fingerprint density at radius 1 is 1.00 bits per heavy atom. The van der Waals surface area contributed by atoms with Crippen LogP contribution in [0.4, 0.5) is 0 Å². The van der Waals surface area contributed by atoms with Gasteiger partial charge in [-0.1, -0.05) is 67.2 Å². The second-order valence-electron chi connectivity index (χ2n) is 6.77. The lowest BCUT2D eigenvalue weighted by Gasteiger charge is -2.17. The van der Waals surface area contributed by atoms with Crippen molar-refractivity contribution < 1.29 is 33.4 Å². The molecule has 0 saturated carbocycles. The largest absolute Gasteiger partial charge is 0.403 e. The maximum Gasteiger partial charge on any atom is 0.403 e. The molecular weight excluding hydrogens is 453 g/mol. The number of hydrogen-bond donors (Lipinski definition) is 0. The SMILES string of the molecule is CCCCCCCC[n+]1c(-c2ccc(Cl)c(Cl)c2)cn2cccnc21.[O-][Cl+3]([O-])([O-])[O-]. The summed E-state index contributed by atoms with van der Waals surface area (Å²) in [7, 11) is -4.94. The summed E-state index contributed by atoms with van der Waals surface area (Å²) in [6.45, 7) is 3.20. The number of fused-ring (bicyclic) bond motifs is 1. The highest BCUT2D eigenvalue weighted by Gasteiger charge is 2.19. The Morgan fingerprint density at radius 3 is 2.33 bits per heavy atom. The summed E-state index contributed by atoms with van der Waals surface area (Å²) in [6, 6.07) is 7.74. The minimum Gasteiger partial charge on any atom is -0.225 e. The molecule has 0 saturated heterocycles. The Hall–Kier alpha value is -1.45. The normalized spacial score (nSPS) is 11.4. The molecule has 0 fully saturated rings. The van der Waals surface area contributed by atoms with Gasteiger partial charge >= 0.3 is 5.78 Å². The maximum absolute atomic E-state index is 8.49. The van der Waals surface area contributed by atoms with E-state index in [1.807, 2.05) is 36.7 Å². The molecule has 7 nitrogen and oxygen atoms in total. The summed E-state index contributed by atoms with van der Waals surface area (Å²) in [6.07, 6.45) is 13.6. The molecule has 3 aromatic rings. The van der Waals surface area contributed by atoms with Crippen molar-refractivity contribution >= 4 is 29.0 Å². The maximum atomic E-state index is 8.49. The third kappa shape index (κ3) is 8.00. The average Bonchev–Trinajstić information content (AvgIpc) is 3.04. The fourth-order valence-electron chi connectivity index (χ4n) is 3.15. The zero-order valence-electron chi connectivity index (χ0n) is 16.6. The molecule has 0 aliphatic rings. The van der Waals surface area contributed by atoms with Gasteiger partial charge in [-0.05, 0) is 24.6 Å². The van der Waals surface area contributed by atoms with Crippen molar-refractivity contribution in [2.75, 3.05) is 0 Å². The topological polar surface area (TPSA) is 113 Å². The summed E-state index contributed by atoms with van der Waals surface area (Å²) >= 11 is 12.3. The first-order valence-electron chi connectivity index (χ1n) is 9.63. The number of hydrogen-bond acceptors (Lipinski definition) is 5. The molecule has 30 heavy (non-hydrogen) atoms. The van der Waals surface area contributed by atoms with Gasteiger partial charge in [0.15, 0.2) is 0 Å². The van der Waals surface area contributed by atoms with Crippen LogP contribution in [0.2, 0.25) is 10.0 Å². The number of nitrogens with zero attached hydrogens (tertiary/aromatic N) is 3. The number of aromatic nitrogens is 3. The van der Waals surface area contributed by atoms with E-state index in [1.165, 1.54) is 32.1 Å². The van der Waals surface area contributed by atoms with Crippen LogP contribution in [-0.2, 0) is 6.54 Å².